The van der Waals surface area contributed by atoms with Crippen LogP contribution in [0.4, 0.5) is 22.0 Å². The van der Waals surface area contributed by atoms with Crippen molar-refractivity contribution in [2.45, 2.75) is 32.0 Å². The average Bonchev–Trinajstić information content (AvgIpc) is 3.51. The normalized spacial score (nSPS) is 17.3. The molecule has 0 aromatic carbocycles. The predicted octanol–water partition coefficient (Wildman–Crippen LogP) is 2.38. The van der Waals surface area contributed by atoms with E-state index in [1.54, 1.807) is 27.9 Å². The molecule has 3 N–H and O–H groups in total. The van der Waals surface area contributed by atoms with Crippen LogP contribution in [0.25, 0.3) is 11.3 Å². The number of rotatable bonds is 7. The minimum absolute atomic E-state index is 0.0281. The Bertz CT molecular complexity index is 1240. The number of ether oxygens (including phenoxy) is 1. The van der Waals surface area contributed by atoms with Gasteiger partial charge in [0.05, 0.1) is 35.2 Å². The van der Waals surface area contributed by atoms with Crippen molar-refractivity contribution >= 4 is 34.8 Å². The van der Waals surface area contributed by atoms with E-state index in [1.807, 2.05) is 19.2 Å². The molecule has 0 saturated carbocycles. The molecule has 11 nitrogen and oxygen atoms in total. The number of urea groups is 1. The molecule has 2 atom stereocenters. The van der Waals surface area contributed by atoms with Crippen molar-refractivity contribution in [3.05, 3.63) is 41.8 Å². The lowest BCUT2D eigenvalue weighted by atomic mass is 10.1. The number of hydrogen-bond donors (Lipinski definition) is 3. The first-order valence-electron chi connectivity index (χ1n) is 11.4. The summed E-state index contributed by atoms with van der Waals surface area (Å²) in [7, 11) is 0. The highest BCUT2D eigenvalue weighted by Crippen LogP contribution is 2.43. The quantitative estimate of drug-likeness (QED) is 0.452. The maximum absolute atomic E-state index is 13.5. The lowest BCUT2D eigenvalue weighted by molar-refractivity contribution is 0.0521. The maximum Gasteiger partial charge on any atom is 0.327 e. The van der Waals surface area contributed by atoms with Crippen molar-refractivity contribution in [2.75, 3.05) is 41.4 Å². The van der Waals surface area contributed by atoms with Crippen LogP contribution >= 0.6 is 11.6 Å². The van der Waals surface area contributed by atoms with Gasteiger partial charge in [0.15, 0.2) is 5.82 Å². The van der Waals surface area contributed by atoms with E-state index in [9.17, 15) is 9.90 Å². The van der Waals surface area contributed by atoms with Gasteiger partial charge in [0.1, 0.15) is 12.7 Å². The van der Waals surface area contributed by atoms with Crippen molar-refractivity contribution in [2.24, 2.45) is 0 Å². The molecule has 1 saturated heterocycles. The summed E-state index contributed by atoms with van der Waals surface area (Å²) >= 11 is 6.62. The van der Waals surface area contributed by atoms with Gasteiger partial charge in [0.2, 0.25) is 5.88 Å². The number of pyridine rings is 2. The van der Waals surface area contributed by atoms with Crippen LogP contribution in [0.5, 0.6) is 5.88 Å². The lowest BCUT2D eigenvalue weighted by Gasteiger charge is -2.36. The lowest BCUT2D eigenvalue weighted by Crippen LogP contribution is -2.48. The minimum Gasteiger partial charge on any atom is -0.475 e. The number of nitrogens with zero attached hydrogens (tertiary/aromatic N) is 6. The number of aryl methyl sites for hydroxylation is 1. The second-order valence-corrected chi connectivity index (χ2v) is 8.87. The summed E-state index contributed by atoms with van der Waals surface area (Å²) in [5, 5.41) is 26.2. The fraction of sp³-hybridized carbons (Fsp3) is 0.391. The third kappa shape index (κ3) is 4.62. The van der Waals surface area contributed by atoms with E-state index in [2.05, 4.69) is 20.3 Å². The number of hydrogen-bond acceptors (Lipinski definition) is 8. The molecular weight excluding hydrogens is 474 g/mol. The number of carbonyl (C=O) groups is 1. The predicted molar refractivity (Wildman–Crippen MR) is 131 cm³/mol. The van der Waals surface area contributed by atoms with E-state index >= 15 is 0 Å². The number of halogens is 1. The Balaban J connectivity index is 1.43. The first-order valence-corrected chi connectivity index (χ1v) is 11.8. The van der Waals surface area contributed by atoms with Gasteiger partial charge in [-0.15, -0.1) is 0 Å². The smallest absolute Gasteiger partial charge is 0.327 e. The van der Waals surface area contributed by atoms with Crippen LogP contribution in [0.2, 0.25) is 5.02 Å². The molecule has 3 aromatic heterocycles. The second kappa shape index (κ2) is 9.68. The first-order chi connectivity index (χ1) is 17.0. The van der Waals surface area contributed by atoms with Crippen molar-refractivity contribution in [3.63, 3.8) is 0 Å². The van der Waals surface area contributed by atoms with Gasteiger partial charge in [0.25, 0.3) is 0 Å². The van der Waals surface area contributed by atoms with Gasteiger partial charge in [-0.2, -0.15) is 5.10 Å². The molecule has 1 fully saturated rings. The highest BCUT2D eigenvalue weighted by atomic mass is 35.5. The van der Waals surface area contributed by atoms with E-state index in [4.69, 9.17) is 26.4 Å². The summed E-state index contributed by atoms with van der Waals surface area (Å²) in [4.78, 5) is 26.3. The molecule has 5 rings (SSSR count). The van der Waals surface area contributed by atoms with Crippen LogP contribution in [0.1, 0.15) is 13.3 Å². The minimum atomic E-state index is -1.01. The van der Waals surface area contributed by atoms with E-state index in [-0.39, 0.29) is 24.6 Å². The topological polar surface area (TPSA) is 129 Å². The van der Waals surface area contributed by atoms with Crippen molar-refractivity contribution in [1.82, 2.24) is 19.7 Å². The number of aliphatic hydroxyl groups excluding tert-OH is 2. The van der Waals surface area contributed by atoms with Gasteiger partial charge < -0.3 is 25.2 Å². The molecule has 2 aliphatic heterocycles. The van der Waals surface area contributed by atoms with Gasteiger partial charge >= 0.3 is 6.03 Å². The van der Waals surface area contributed by atoms with Gasteiger partial charge in [-0.25, -0.2) is 14.8 Å². The zero-order valence-corrected chi connectivity index (χ0v) is 19.9. The van der Waals surface area contributed by atoms with E-state index < -0.39 is 12.7 Å². The Kier molecular flexibility index (Phi) is 6.46. The van der Waals surface area contributed by atoms with Crippen LogP contribution in [-0.2, 0) is 6.54 Å². The summed E-state index contributed by atoms with van der Waals surface area (Å²) in [6, 6.07) is 4.73. The molecule has 0 spiro atoms. The zero-order chi connectivity index (χ0) is 24.5. The molecule has 5 heterocycles. The molecule has 184 valence electrons. The summed E-state index contributed by atoms with van der Waals surface area (Å²) in [5.41, 5.74) is 2.67. The van der Waals surface area contributed by atoms with Crippen LogP contribution in [0.3, 0.4) is 0 Å². The fourth-order valence-electron chi connectivity index (χ4n) is 4.33. The van der Waals surface area contributed by atoms with Gasteiger partial charge in [-0.05, 0) is 25.5 Å². The molecule has 2 aliphatic rings. The summed E-state index contributed by atoms with van der Waals surface area (Å²) in [6.45, 7) is 3.72. The molecule has 0 aliphatic carbocycles. The molecule has 12 heteroatoms. The van der Waals surface area contributed by atoms with E-state index in [1.165, 1.54) is 6.20 Å². The standard InChI is InChI=1S/C23H26ClN7O4/c1-2-30-10-14(9-26-30)21-18(24)8-19-22(28-21)31(16-4-6-29(19)11-16)23(34)27-15-3-5-25-20(7-15)35-13-17(33)12-32/h3,5,7-10,16-17,32-33H,2,4,6,11-13H2,1H3,(H,25,27,34)/t16-,17+/m0/s1. The highest BCUT2D eigenvalue weighted by Gasteiger charge is 2.41. The monoisotopic (exact) mass is 499 g/mol. The van der Waals surface area contributed by atoms with Crippen molar-refractivity contribution in [1.29, 1.82) is 0 Å². The fourth-order valence-corrected chi connectivity index (χ4v) is 4.59. The van der Waals surface area contributed by atoms with Crippen LogP contribution in [0, 0.1) is 0 Å². The number of anilines is 3. The first kappa shape index (κ1) is 23.3. The van der Waals surface area contributed by atoms with Crippen LogP contribution in [0.15, 0.2) is 36.8 Å². The van der Waals surface area contributed by atoms with Crippen LogP contribution < -0.4 is 19.9 Å². The van der Waals surface area contributed by atoms with Crippen LogP contribution in [-0.4, -0.2) is 74.4 Å². The average molecular weight is 500 g/mol. The molecule has 35 heavy (non-hydrogen) atoms. The van der Waals surface area contributed by atoms with Crippen molar-refractivity contribution < 1.29 is 19.7 Å². The zero-order valence-electron chi connectivity index (χ0n) is 19.1. The van der Waals surface area contributed by atoms with E-state index in [0.717, 1.165) is 30.8 Å². The molecule has 0 unspecified atom stereocenters. The van der Waals surface area contributed by atoms with Gasteiger partial charge in [-0.3, -0.25) is 9.58 Å². The third-order valence-corrected chi connectivity index (χ3v) is 6.39. The Morgan fingerprint density at radius 1 is 1.40 bits per heavy atom. The summed E-state index contributed by atoms with van der Waals surface area (Å²) in [5.74, 6) is 0.776. The maximum atomic E-state index is 13.5. The van der Waals surface area contributed by atoms with Crippen molar-refractivity contribution in [3.8, 4) is 17.1 Å². The summed E-state index contributed by atoms with van der Waals surface area (Å²) < 4.78 is 7.19. The Morgan fingerprint density at radius 2 is 2.26 bits per heavy atom. The SMILES string of the molecule is CCn1cc(-c2nc3c(cc2Cl)N2CC[C@@H](C2)N3C(=O)Nc2ccnc(OC[C@H](O)CO)c2)cn1. The van der Waals surface area contributed by atoms with Gasteiger partial charge in [-0.1, -0.05) is 11.6 Å². The second-order valence-electron chi connectivity index (χ2n) is 8.47. The Morgan fingerprint density at radius 3 is 3.03 bits per heavy atom. The molecule has 3 aromatic rings. The number of aliphatic hydroxyl groups is 2. The molecule has 2 bridgehead atoms. The number of amides is 2. The third-order valence-electron chi connectivity index (χ3n) is 6.10. The molecule has 2 amide bonds. The largest absolute Gasteiger partial charge is 0.475 e. The Hall–Kier alpha value is -3.41. The molecule has 0 radical (unpaired) electrons. The number of carbonyl (C=O) groups excluding carboxylic acids is 1. The number of fused-ring (bicyclic) bond motifs is 4. The number of nitrogens with one attached hydrogen (secondary N) is 1. The highest BCUT2D eigenvalue weighted by molar-refractivity contribution is 6.33. The summed E-state index contributed by atoms with van der Waals surface area (Å²) in [6.07, 6.45) is 4.91. The van der Waals surface area contributed by atoms with Gasteiger partial charge in [0, 0.05) is 49.3 Å². The Labute approximate surface area is 206 Å². The number of aromatic nitrogens is 4. The van der Waals surface area contributed by atoms with E-state index in [0.29, 0.717) is 28.8 Å². The molecular formula is C23H26ClN7O4.